The normalized spacial score (nSPS) is 29.3. The van der Waals surface area contributed by atoms with Gasteiger partial charge in [-0.2, -0.15) is 10.1 Å². The molecule has 2 aliphatic heterocycles. The Hall–Kier alpha value is -0.890. The monoisotopic (exact) mass is 372 g/mol. The predicted octanol–water partition coefficient (Wildman–Crippen LogP) is 3.96. The van der Waals surface area contributed by atoms with Crippen LogP contribution in [0, 0.1) is 0 Å². The van der Waals surface area contributed by atoms with E-state index in [2.05, 4.69) is 0 Å². The molecule has 0 spiro atoms. The van der Waals surface area contributed by atoms with E-state index in [-0.39, 0.29) is 12.2 Å². The summed E-state index contributed by atoms with van der Waals surface area (Å²) >= 11 is 0. The van der Waals surface area contributed by atoms with Gasteiger partial charge < -0.3 is 19.9 Å². The molecule has 0 bridgehead atoms. The average molecular weight is 373 g/mol. The molecule has 26 heavy (non-hydrogen) atoms. The lowest BCUT2D eigenvalue weighted by atomic mass is 9.80. The van der Waals surface area contributed by atoms with Crippen LogP contribution in [0.4, 0.5) is 4.79 Å². The number of hydrogen-bond acceptors (Lipinski definition) is 7. The van der Waals surface area contributed by atoms with Gasteiger partial charge in [0.2, 0.25) is 0 Å². The molecule has 7 nitrogen and oxygen atoms in total. The number of rotatable bonds is 2. The van der Waals surface area contributed by atoms with Crippen LogP contribution >= 0.6 is 0 Å². The van der Waals surface area contributed by atoms with E-state index in [1.807, 2.05) is 55.4 Å². The Morgan fingerprint density at radius 2 is 0.923 bits per heavy atom. The fourth-order valence-corrected chi connectivity index (χ4v) is 4.82. The van der Waals surface area contributed by atoms with Gasteiger partial charge in [-0.1, -0.05) is 0 Å². The minimum Gasteiger partial charge on any atom is -0.431 e. The van der Waals surface area contributed by atoms with Gasteiger partial charge in [-0.3, -0.25) is 0 Å². The quantitative estimate of drug-likeness (QED) is 0.710. The molecule has 0 aromatic rings. The Morgan fingerprint density at radius 1 is 0.692 bits per heavy atom. The fourth-order valence-electron chi connectivity index (χ4n) is 4.82. The first kappa shape index (κ1) is 21.4. The van der Waals surface area contributed by atoms with Crippen molar-refractivity contribution in [2.75, 3.05) is 0 Å². The van der Waals surface area contributed by atoms with Crippen molar-refractivity contribution in [2.24, 2.45) is 0 Å². The van der Waals surface area contributed by atoms with Crippen LogP contribution in [0.1, 0.15) is 81.1 Å². The molecular formula is C19H36N2O5. The van der Waals surface area contributed by atoms with Crippen LogP contribution in [0.25, 0.3) is 0 Å². The molecule has 0 aromatic heterocycles. The van der Waals surface area contributed by atoms with Crippen molar-refractivity contribution in [2.45, 2.75) is 115 Å². The van der Waals surface area contributed by atoms with Crippen molar-refractivity contribution in [3.63, 3.8) is 0 Å². The zero-order valence-corrected chi connectivity index (χ0v) is 17.5. The van der Waals surface area contributed by atoms with Crippen molar-refractivity contribution in [3.8, 4) is 0 Å². The van der Waals surface area contributed by atoms with Crippen LogP contribution in [-0.4, -0.2) is 61.1 Å². The molecule has 0 aliphatic carbocycles. The lowest BCUT2D eigenvalue weighted by Gasteiger charge is -2.51. The Morgan fingerprint density at radius 3 is 1.15 bits per heavy atom. The summed E-state index contributed by atoms with van der Waals surface area (Å²) in [5.41, 5.74) is -1.95. The summed E-state index contributed by atoms with van der Waals surface area (Å²) in [5, 5.41) is 23.4. The third-order valence-electron chi connectivity index (χ3n) is 5.73. The molecule has 2 fully saturated rings. The predicted molar refractivity (Wildman–Crippen MR) is 97.2 cm³/mol. The maximum Gasteiger partial charge on any atom is 0.508 e. The maximum absolute atomic E-state index is 12.4. The lowest BCUT2D eigenvalue weighted by molar-refractivity contribution is -0.263. The number of hydrogen-bond donors (Lipinski definition) is 2. The van der Waals surface area contributed by atoms with Crippen LogP contribution in [0.5, 0.6) is 0 Å². The molecule has 2 heterocycles. The SMILES string of the molecule is CC1(C)CC(OC(=O)OC2CC(C)(C)N(O)C(C)(C)C2)CC(C)(C)N1O. The van der Waals surface area contributed by atoms with Crippen molar-refractivity contribution in [1.82, 2.24) is 10.1 Å². The number of hydroxylamine groups is 4. The van der Waals surface area contributed by atoms with Gasteiger partial charge in [0, 0.05) is 47.8 Å². The highest BCUT2D eigenvalue weighted by molar-refractivity contribution is 5.60. The second kappa shape index (κ2) is 6.62. The van der Waals surface area contributed by atoms with E-state index in [9.17, 15) is 15.2 Å². The summed E-state index contributed by atoms with van der Waals surface area (Å²) in [6.45, 7) is 15.4. The van der Waals surface area contributed by atoms with Crippen molar-refractivity contribution in [1.29, 1.82) is 0 Å². The smallest absolute Gasteiger partial charge is 0.431 e. The highest BCUT2D eigenvalue weighted by atomic mass is 16.7. The minimum absolute atomic E-state index is 0.310. The zero-order chi connectivity index (χ0) is 20.1. The van der Waals surface area contributed by atoms with Crippen LogP contribution in [0.2, 0.25) is 0 Å². The number of nitrogens with zero attached hydrogens (tertiary/aromatic N) is 2. The van der Waals surface area contributed by atoms with Crippen LogP contribution < -0.4 is 0 Å². The highest BCUT2D eigenvalue weighted by Crippen LogP contribution is 2.40. The van der Waals surface area contributed by atoms with E-state index in [1.165, 1.54) is 10.1 Å². The molecule has 152 valence electrons. The van der Waals surface area contributed by atoms with Gasteiger partial charge in [0.1, 0.15) is 12.2 Å². The Labute approximate surface area is 157 Å². The van der Waals surface area contributed by atoms with Gasteiger partial charge in [0.25, 0.3) is 0 Å². The summed E-state index contributed by atoms with van der Waals surface area (Å²) < 4.78 is 11.2. The molecule has 0 saturated carbocycles. The lowest BCUT2D eigenvalue weighted by Crippen LogP contribution is -2.61. The standard InChI is InChI=1S/C19H36N2O5/c1-16(2)9-13(10-17(3,4)20(16)23)25-15(22)26-14-11-18(5,6)21(24)19(7,8)12-14/h13-14,23-24H,9-12H2,1-8H3. The molecule has 0 unspecified atom stereocenters. The Kier molecular flexibility index (Phi) is 5.45. The number of ether oxygens (including phenoxy) is 2. The van der Waals surface area contributed by atoms with Crippen LogP contribution in [0.3, 0.4) is 0 Å². The van der Waals surface area contributed by atoms with Crippen molar-refractivity contribution in [3.05, 3.63) is 0 Å². The van der Waals surface area contributed by atoms with E-state index < -0.39 is 28.3 Å². The molecule has 2 N–H and O–H groups in total. The Bertz CT molecular complexity index is 462. The van der Waals surface area contributed by atoms with Crippen molar-refractivity contribution >= 4 is 6.16 Å². The van der Waals surface area contributed by atoms with Crippen molar-refractivity contribution < 1.29 is 24.7 Å². The maximum atomic E-state index is 12.4. The highest BCUT2D eigenvalue weighted by Gasteiger charge is 2.48. The van der Waals surface area contributed by atoms with Gasteiger partial charge in [-0.05, 0) is 55.4 Å². The molecule has 2 aliphatic rings. The molecule has 0 aromatic carbocycles. The summed E-state index contributed by atoms with van der Waals surface area (Å²) in [6, 6.07) is 0. The van der Waals surface area contributed by atoms with E-state index in [1.54, 1.807) is 0 Å². The zero-order valence-electron chi connectivity index (χ0n) is 17.5. The first-order valence-electron chi connectivity index (χ1n) is 9.43. The number of carbonyl (C=O) groups excluding carboxylic acids is 1. The second-order valence-corrected chi connectivity index (χ2v) is 10.4. The fraction of sp³-hybridized carbons (Fsp3) is 0.947. The summed E-state index contributed by atoms with van der Waals surface area (Å²) in [6.07, 6.45) is 0.852. The van der Waals surface area contributed by atoms with E-state index >= 15 is 0 Å². The topological polar surface area (TPSA) is 82.5 Å². The molecule has 0 amide bonds. The van der Waals surface area contributed by atoms with E-state index in [4.69, 9.17) is 9.47 Å². The number of carbonyl (C=O) groups is 1. The third kappa shape index (κ3) is 4.32. The van der Waals surface area contributed by atoms with Gasteiger partial charge in [0.15, 0.2) is 0 Å². The first-order chi connectivity index (χ1) is 11.6. The molecule has 2 rings (SSSR count). The van der Waals surface area contributed by atoms with Gasteiger partial charge in [0.05, 0.1) is 0 Å². The van der Waals surface area contributed by atoms with Gasteiger partial charge in [-0.25, -0.2) is 4.79 Å². The van der Waals surface area contributed by atoms with Gasteiger partial charge in [-0.15, -0.1) is 0 Å². The van der Waals surface area contributed by atoms with E-state index in [0.29, 0.717) is 25.7 Å². The van der Waals surface area contributed by atoms with E-state index in [0.717, 1.165) is 0 Å². The van der Waals surface area contributed by atoms with Gasteiger partial charge >= 0.3 is 6.16 Å². The largest absolute Gasteiger partial charge is 0.508 e. The molecule has 2 saturated heterocycles. The van der Waals surface area contributed by atoms with Crippen LogP contribution in [0.15, 0.2) is 0 Å². The molecular weight excluding hydrogens is 336 g/mol. The minimum atomic E-state index is -0.670. The Balaban J connectivity index is 1.99. The molecule has 0 atom stereocenters. The molecule has 7 heteroatoms. The number of piperidine rings is 2. The average Bonchev–Trinajstić information content (AvgIpc) is 2.40. The first-order valence-corrected chi connectivity index (χ1v) is 9.43. The van der Waals surface area contributed by atoms with Crippen LogP contribution in [-0.2, 0) is 9.47 Å². The summed E-state index contributed by atoms with van der Waals surface area (Å²) in [5.74, 6) is 0. The summed E-state index contributed by atoms with van der Waals surface area (Å²) in [7, 11) is 0. The second-order valence-electron chi connectivity index (χ2n) is 10.4. The third-order valence-corrected chi connectivity index (χ3v) is 5.73. The molecule has 0 radical (unpaired) electrons. The summed E-state index contributed by atoms with van der Waals surface area (Å²) in [4.78, 5) is 12.4.